The molecule has 0 aliphatic heterocycles. The van der Waals surface area contributed by atoms with Crippen molar-refractivity contribution in [2.24, 2.45) is 0 Å². The van der Waals surface area contributed by atoms with Crippen molar-refractivity contribution in [3.63, 3.8) is 0 Å². The Morgan fingerprint density at radius 2 is 1.86 bits per heavy atom. The molecule has 0 aliphatic rings. The van der Waals surface area contributed by atoms with Crippen LogP contribution in [0.3, 0.4) is 0 Å². The van der Waals surface area contributed by atoms with Gasteiger partial charge in [-0.15, -0.1) is 0 Å². The number of hydrogen-bond acceptors (Lipinski definition) is 4. The summed E-state index contributed by atoms with van der Waals surface area (Å²) < 4.78 is 31.8. The Kier molecular flexibility index (Phi) is 5.18. The predicted octanol–water partition coefficient (Wildman–Crippen LogP) is 2.02. The van der Waals surface area contributed by atoms with Gasteiger partial charge in [0.2, 0.25) is 10.0 Å². The second-order valence-corrected chi connectivity index (χ2v) is 6.72. The maximum absolute atomic E-state index is 12.2. The summed E-state index contributed by atoms with van der Waals surface area (Å²) >= 11 is 0. The third-order valence-electron chi connectivity index (χ3n) is 3.28. The number of rotatable bonds is 6. The molecular formula is C16H19NO4S. The minimum absolute atomic E-state index is 0.108. The van der Waals surface area contributed by atoms with Gasteiger partial charge in [0.25, 0.3) is 0 Å². The van der Waals surface area contributed by atoms with Crippen LogP contribution in [0.25, 0.3) is 0 Å². The third kappa shape index (κ3) is 4.07. The normalized spacial score (nSPS) is 12.9. The van der Waals surface area contributed by atoms with Crippen molar-refractivity contribution in [1.82, 2.24) is 4.72 Å². The average molecular weight is 321 g/mol. The van der Waals surface area contributed by atoms with Crippen LogP contribution in [-0.2, 0) is 10.0 Å². The topological polar surface area (TPSA) is 75.6 Å². The lowest BCUT2D eigenvalue weighted by atomic mass is 10.1. The zero-order chi connectivity index (χ0) is 16.2. The van der Waals surface area contributed by atoms with Crippen molar-refractivity contribution in [3.8, 4) is 5.75 Å². The van der Waals surface area contributed by atoms with E-state index in [1.807, 2.05) is 6.92 Å². The minimum atomic E-state index is -3.64. The van der Waals surface area contributed by atoms with Crippen LogP contribution >= 0.6 is 0 Å². The lowest BCUT2D eigenvalue weighted by Crippen LogP contribution is -2.28. The second-order valence-electron chi connectivity index (χ2n) is 4.96. The first-order valence-electron chi connectivity index (χ1n) is 6.81. The van der Waals surface area contributed by atoms with Gasteiger partial charge in [-0.05, 0) is 36.8 Å². The van der Waals surface area contributed by atoms with Gasteiger partial charge in [-0.1, -0.05) is 29.8 Å². The van der Waals surface area contributed by atoms with Gasteiger partial charge in [0.15, 0.2) is 0 Å². The molecule has 0 amide bonds. The Hall–Kier alpha value is -1.89. The molecular weight excluding hydrogens is 302 g/mol. The molecule has 5 nitrogen and oxygen atoms in total. The molecule has 0 heterocycles. The Balaban J connectivity index is 2.06. The number of aliphatic hydroxyl groups excluding tert-OH is 1. The number of aliphatic hydroxyl groups is 1. The van der Waals surface area contributed by atoms with E-state index in [1.165, 1.54) is 19.2 Å². The number of aryl methyl sites for hydroxylation is 1. The maximum atomic E-state index is 12.2. The van der Waals surface area contributed by atoms with Crippen molar-refractivity contribution in [2.75, 3.05) is 13.7 Å². The zero-order valence-electron chi connectivity index (χ0n) is 12.5. The predicted molar refractivity (Wildman–Crippen MR) is 84.3 cm³/mol. The number of benzene rings is 2. The molecule has 0 fully saturated rings. The van der Waals surface area contributed by atoms with E-state index >= 15 is 0 Å². The summed E-state index contributed by atoms with van der Waals surface area (Å²) in [5.41, 5.74) is 1.57. The zero-order valence-corrected chi connectivity index (χ0v) is 13.3. The third-order valence-corrected chi connectivity index (χ3v) is 4.72. The highest BCUT2D eigenvalue weighted by atomic mass is 32.2. The van der Waals surface area contributed by atoms with E-state index in [-0.39, 0.29) is 11.4 Å². The Morgan fingerprint density at radius 1 is 1.18 bits per heavy atom. The SMILES string of the molecule is COc1cccc(C(O)CNS(=O)(=O)c2ccc(C)cc2)c1. The van der Waals surface area contributed by atoms with E-state index in [0.29, 0.717) is 11.3 Å². The summed E-state index contributed by atoms with van der Waals surface area (Å²) in [5, 5.41) is 10.1. The van der Waals surface area contributed by atoms with Crippen LogP contribution in [0.4, 0.5) is 0 Å². The standard InChI is InChI=1S/C16H19NO4S/c1-12-6-8-15(9-7-12)22(19,20)17-11-16(18)13-4-3-5-14(10-13)21-2/h3-10,16-18H,11H2,1-2H3. The highest BCUT2D eigenvalue weighted by Gasteiger charge is 2.16. The van der Waals surface area contributed by atoms with Gasteiger partial charge in [-0.3, -0.25) is 0 Å². The van der Waals surface area contributed by atoms with E-state index in [2.05, 4.69) is 4.72 Å². The van der Waals surface area contributed by atoms with Gasteiger partial charge in [0, 0.05) is 6.54 Å². The molecule has 2 rings (SSSR count). The summed E-state index contributed by atoms with van der Waals surface area (Å²) in [6.07, 6.45) is -0.949. The van der Waals surface area contributed by atoms with Crippen molar-refractivity contribution in [1.29, 1.82) is 0 Å². The summed E-state index contributed by atoms with van der Waals surface area (Å²) in [6.45, 7) is 1.78. The van der Waals surface area contributed by atoms with E-state index in [9.17, 15) is 13.5 Å². The van der Waals surface area contributed by atoms with Crippen LogP contribution < -0.4 is 9.46 Å². The number of methoxy groups -OCH3 is 1. The molecule has 0 saturated carbocycles. The van der Waals surface area contributed by atoms with Gasteiger partial charge in [-0.25, -0.2) is 13.1 Å². The fourth-order valence-electron chi connectivity index (χ4n) is 1.96. The quantitative estimate of drug-likeness (QED) is 0.853. The van der Waals surface area contributed by atoms with Crippen molar-refractivity contribution >= 4 is 10.0 Å². The monoisotopic (exact) mass is 321 g/mol. The molecule has 0 radical (unpaired) electrons. The van der Waals surface area contributed by atoms with Crippen molar-refractivity contribution in [2.45, 2.75) is 17.9 Å². The van der Waals surface area contributed by atoms with E-state index in [4.69, 9.17) is 4.74 Å². The van der Waals surface area contributed by atoms with Crippen molar-refractivity contribution < 1.29 is 18.3 Å². The number of nitrogens with one attached hydrogen (secondary N) is 1. The van der Waals surface area contributed by atoms with Gasteiger partial charge < -0.3 is 9.84 Å². The molecule has 118 valence electrons. The maximum Gasteiger partial charge on any atom is 0.240 e. The number of ether oxygens (including phenoxy) is 1. The van der Waals surface area contributed by atoms with Crippen LogP contribution in [-0.4, -0.2) is 27.2 Å². The lowest BCUT2D eigenvalue weighted by molar-refractivity contribution is 0.181. The molecule has 0 saturated heterocycles. The summed E-state index contributed by atoms with van der Waals surface area (Å²) in [5.74, 6) is 0.609. The van der Waals surface area contributed by atoms with Crippen LogP contribution in [0.15, 0.2) is 53.4 Å². The first kappa shape index (κ1) is 16.5. The van der Waals surface area contributed by atoms with Gasteiger partial charge in [0.1, 0.15) is 5.75 Å². The molecule has 2 N–H and O–H groups in total. The lowest BCUT2D eigenvalue weighted by Gasteiger charge is -2.13. The molecule has 0 spiro atoms. The number of hydrogen-bond donors (Lipinski definition) is 2. The van der Waals surface area contributed by atoms with E-state index < -0.39 is 16.1 Å². The largest absolute Gasteiger partial charge is 0.497 e. The first-order valence-corrected chi connectivity index (χ1v) is 8.29. The van der Waals surface area contributed by atoms with Crippen LogP contribution in [0.5, 0.6) is 5.75 Å². The van der Waals surface area contributed by atoms with Crippen LogP contribution in [0.1, 0.15) is 17.2 Å². The fraction of sp³-hybridized carbons (Fsp3) is 0.250. The molecule has 0 aromatic heterocycles. The average Bonchev–Trinajstić information content (AvgIpc) is 2.53. The second kappa shape index (κ2) is 6.91. The van der Waals surface area contributed by atoms with Gasteiger partial charge in [0.05, 0.1) is 18.1 Å². The molecule has 2 aromatic rings. The minimum Gasteiger partial charge on any atom is -0.497 e. The summed E-state index contributed by atoms with van der Waals surface area (Å²) in [6, 6.07) is 13.4. The molecule has 0 aliphatic carbocycles. The Morgan fingerprint density at radius 3 is 2.50 bits per heavy atom. The Bertz CT molecular complexity index is 726. The van der Waals surface area contributed by atoms with Crippen molar-refractivity contribution in [3.05, 3.63) is 59.7 Å². The summed E-state index contributed by atoms with van der Waals surface area (Å²) in [4.78, 5) is 0.177. The van der Waals surface area contributed by atoms with Crippen LogP contribution in [0.2, 0.25) is 0 Å². The van der Waals surface area contributed by atoms with Gasteiger partial charge >= 0.3 is 0 Å². The molecule has 1 unspecified atom stereocenters. The fourth-order valence-corrected chi connectivity index (χ4v) is 2.99. The molecule has 6 heteroatoms. The molecule has 22 heavy (non-hydrogen) atoms. The Labute approximate surface area is 130 Å². The van der Waals surface area contributed by atoms with E-state index in [1.54, 1.807) is 36.4 Å². The smallest absolute Gasteiger partial charge is 0.240 e. The number of sulfonamides is 1. The first-order chi connectivity index (χ1) is 10.4. The van der Waals surface area contributed by atoms with Gasteiger partial charge in [-0.2, -0.15) is 0 Å². The molecule has 1 atom stereocenters. The summed E-state index contributed by atoms with van der Waals surface area (Å²) in [7, 11) is -2.10. The molecule has 2 aromatic carbocycles. The van der Waals surface area contributed by atoms with E-state index in [0.717, 1.165) is 5.56 Å². The van der Waals surface area contributed by atoms with Crippen LogP contribution in [0, 0.1) is 6.92 Å². The highest BCUT2D eigenvalue weighted by molar-refractivity contribution is 7.89. The highest BCUT2D eigenvalue weighted by Crippen LogP contribution is 2.19. The molecule has 0 bridgehead atoms.